The van der Waals surface area contributed by atoms with E-state index in [0.29, 0.717) is 5.56 Å². The number of aliphatic hydroxyl groups is 3. The molecular weight excluding hydrogens is 1810 g/mol. The van der Waals surface area contributed by atoms with Gasteiger partial charge in [0.25, 0.3) is 0 Å². The normalized spacial score (nSPS) is 16.8. The van der Waals surface area contributed by atoms with E-state index in [9.17, 15) is 117 Å². The van der Waals surface area contributed by atoms with E-state index in [0.717, 1.165) is 11.8 Å². The SMILES string of the molecule is CC[C@H](C)[C@H](NC(=O)[C@@H]1C[C@@H](O)CN1C(=O)[C@@H](N)C(C)C)C(=O)N[C@H](C(=O)N[C@@H](Cc1ccc(O)cc1)C(=O)N[C@@H](CO)C(=O)N[C@@H](CC(N)=O)C(=O)N[C@@H](CCCNC(=N)N)C(=O)N[C@@H](CCN)C(=O)N[C@H](C(=O)N[C@H](CCCNC(N)=O)C(=O)N[C@@H](CCCCN)C(=O)N[C@@H](CCN)C(=O)N[C@@H](CCN)C(=O)N[C@@H](CS)C(=O)N[C@@H](Cc1ccc(O)cc1)C(=O)O)[C@@H](C)O)C(C)(C)S. The predicted molar refractivity (Wildman–Crippen MR) is 496 cm³/mol. The van der Waals surface area contributed by atoms with Gasteiger partial charge in [0, 0.05) is 49.4 Å². The maximum Gasteiger partial charge on any atom is 0.326 e. The Labute approximate surface area is 791 Å². The molecule has 0 saturated carbocycles. The lowest BCUT2D eigenvalue weighted by atomic mass is 9.95. The Kier molecular flexibility index (Phi) is 51.1. The Morgan fingerprint density at radius 2 is 0.859 bits per heavy atom. The second-order valence-corrected chi connectivity index (χ2v) is 35.1. The number of hydrogen-bond acceptors (Lipinski definition) is 31. The van der Waals surface area contributed by atoms with E-state index in [1.54, 1.807) is 27.7 Å². The highest BCUT2D eigenvalue weighted by Crippen LogP contribution is 2.25. The average Bonchev–Trinajstić information content (AvgIpc) is 1.63. The number of aromatic hydroxyl groups is 2. The molecule has 2 aromatic rings. The van der Waals surface area contributed by atoms with E-state index in [1.165, 1.54) is 62.4 Å². The number of amides is 18. The number of urea groups is 1. The number of nitrogens with one attached hydrogen (secondary N) is 17. The van der Waals surface area contributed by atoms with Crippen molar-refractivity contribution in [2.75, 3.05) is 58.2 Å². The van der Waals surface area contributed by atoms with Gasteiger partial charge >= 0.3 is 12.0 Å². The fourth-order valence-electron chi connectivity index (χ4n) is 13.8. The molecule has 0 aromatic heterocycles. The maximum atomic E-state index is 14.7. The summed E-state index contributed by atoms with van der Waals surface area (Å²) < 4.78 is -1.49. The number of carbonyl (C=O) groups is 18. The number of nitrogens with zero attached hydrogens (tertiary/aromatic N) is 1. The van der Waals surface area contributed by atoms with E-state index in [2.05, 4.69) is 110 Å². The van der Waals surface area contributed by atoms with Crippen LogP contribution in [0.25, 0.3) is 0 Å². The number of nitrogens with two attached hydrogens (primary N) is 8. The molecule has 0 bridgehead atoms. The molecule has 2 aromatic carbocycles. The van der Waals surface area contributed by atoms with Crippen LogP contribution in [-0.2, 0) is 94.3 Å². The average molecular weight is 1950 g/mol. The number of hydrogen-bond donors (Lipinski definition) is 33. The van der Waals surface area contributed by atoms with Gasteiger partial charge < -0.3 is 166 Å². The third kappa shape index (κ3) is 40.6. The van der Waals surface area contributed by atoms with E-state index in [4.69, 9.17) is 51.3 Å². The standard InChI is InChI=1S/C83H138N26O24S2/c1-8-41(4)62(106-75(126)59-35-47(114)37-109(59)79(130)61(89)40(2)3)76(127)108-64(83(6,7)135)78(129)102-54(33-43-16-20-45(112)21-17-43)71(122)104-57(38-110)73(124)101-55(36-60(88)115)72(123)96-49(14-11-31-93-81(90)91)66(117)99-53(26-30-87)70(121)107-63(42(5)111)77(128)100-50(15-12-32-94-82(92)133)67(118)95-48(13-9-10-27-84)65(116)97-51(24-28-85)68(119)98-52(25-29-86)69(120)105-58(39-134)74(125)103-56(80(131)132)34-44-18-22-46(113)23-19-44/h16-23,40-42,47-59,61-64,110-114,134-135H,8-15,24-39,84-87,89H2,1-7H3,(H2,88,115)(H,95,118)(H,96,123)(H,97,116)(H,98,119)(H,99,117)(H,100,128)(H,101,124)(H,102,129)(H,103,125)(H,104,122)(H,105,120)(H,106,126)(H,107,121)(H,108,127)(H,131,132)(H4,90,91,93)(H3,92,94,133)/t41-,42+,47+,48-,49-,50+,51-,52-,53-,54-,55-,56-,57-,58-,59-,61-,62-,63-,64+/m0/s1. The summed E-state index contributed by atoms with van der Waals surface area (Å²) in [5, 5.41) is 109. The number of likely N-dealkylation sites (tertiary alicyclic amines) is 1. The fourth-order valence-corrected chi connectivity index (χ4v) is 14.2. The molecule has 1 aliphatic heterocycles. The number of guanidine groups is 1. The molecule has 135 heavy (non-hydrogen) atoms. The first-order valence-electron chi connectivity index (χ1n) is 44.1. The Morgan fingerprint density at radius 3 is 1.27 bits per heavy atom. The molecule has 3 rings (SSSR count). The number of thiol groups is 2. The summed E-state index contributed by atoms with van der Waals surface area (Å²) in [7, 11) is 0. The molecule has 756 valence electrons. The van der Waals surface area contributed by atoms with Crippen molar-refractivity contribution < 1.29 is 117 Å². The summed E-state index contributed by atoms with van der Waals surface area (Å²) in [6.45, 7) is 8.10. The van der Waals surface area contributed by atoms with E-state index >= 15 is 0 Å². The molecule has 0 aliphatic carbocycles. The number of phenolic OH excluding ortho intramolecular Hbond substituents is 2. The minimum absolute atomic E-state index is 0.0912. The highest BCUT2D eigenvalue weighted by molar-refractivity contribution is 7.81. The minimum Gasteiger partial charge on any atom is -0.508 e. The lowest BCUT2D eigenvalue weighted by molar-refractivity contribution is -0.142. The first-order valence-corrected chi connectivity index (χ1v) is 45.2. The van der Waals surface area contributed by atoms with Crippen molar-refractivity contribution >= 4 is 138 Å². The molecule has 39 N–H and O–H groups in total. The van der Waals surface area contributed by atoms with Crippen LogP contribution in [0, 0.1) is 17.2 Å². The van der Waals surface area contributed by atoms with Gasteiger partial charge in [-0.1, -0.05) is 58.4 Å². The Bertz CT molecular complexity index is 4330. The van der Waals surface area contributed by atoms with Crippen LogP contribution in [-0.4, -0.2) is 320 Å². The van der Waals surface area contributed by atoms with Crippen molar-refractivity contribution in [2.24, 2.45) is 57.7 Å². The molecule has 0 unspecified atom stereocenters. The van der Waals surface area contributed by atoms with Crippen LogP contribution in [0.15, 0.2) is 48.5 Å². The molecule has 0 spiro atoms. The molecule has 0 radical (unpaired) electrons. The number of phenols is 2. The Morgan fingerprint density at radius 1 is 0.481 bits per heavy atom. The monoisotopic (exact) mass is 1950 g/mol. The van der Waals surface area contributed by atoms with Crippen molar-refractivity contribution in [2.45, 2.75) is 258 Å². The van der Waals surface area contributed by atoms with Crippen LogP contribution >= 0.6 is 25.3 Å². The summed E-state index contributed by atoms with van der Waals surface area (Å²) in [5.41, 5.74) is 46.7. The van der Waals surface area contributed by atoms with Crippen molar-refractivity contribution in [1.29, 1.82) is 5.41 Å². The van der Waals surface area contributed by atoms with Gasteiger partial charge in [-0.05, 0) is 158 Å². The van der Waals surface area contributed by atoms with Crippen molar-refractivity contribution in [1.82, 2.24) is 90.0 Å². The number of carboxylic acids is 1. The van der Waals surface area contributed by atoms with Gasteiger partial charge in [0.2, 0.25) is 94.5 Å². The lowest BCUT2D eigenvalue weighted by Gasteiger charge is -2.34. The first-order chi connectivity index (χ1) is 63.5. The van der Waals surface area contributed by atoms with Crippen LogP contribution in [0.5, 0.6) is 11.5 Å². The zero-order valence-electron chi connectivity index (χ0n) is 76.6. The summed E-state index contributed by atoms with van der Waals surface area (Å²) in [6.07, 6.45) is -6.28. The third-order valence-electron chi connectivity index (χ3n) is 21.7. The van der Waals surface area contributed by atoms with E-state index < -0.39 is 264 Å². The van der Waals surface area contributed by atoms with E-state index in [1.807, 2.05) is 0 Å². The molecule has 52 heteroatoms. The Hall–Kier alpha value is -12.0. The highest BCUT2D eigenvalue weighted by atomic mass is 32.1. The van der Waals surface area contributed by atoms with Gasteiger partial charge in [0.1, 0.15) is 102 Å². The smallest absolute Gasteiger partial charge is 0.326 e. The predicted octanol–water partition coefficient (Wildman–Crippen LogP) is -10.5. The Balaban J connectivity index is 1.95. The highest BCUT2D eigenvalue weighted by Gasteiger charge is 2.46. The van der Waals surface area contributed by atoms with Crippen LogP contribution in [0.1, 0.15) is 143 Å². The lowest BCUT2D eigenvalue weighted by Crippen LogP contribution is -2.64. The van der Waals surface area contributed by atoms with Gasteiger partial charge in [0.05, 0.1) is 31.3 Å². The van der Waals surface area contributed by atoms with Crippen LogP contribution in [0.3, 0.4) is 0 Å². The van der Waals surface area contributed by atoms with Crippen LogP contribution < -0.4 is 131 Å². The number of carboxylic acid groups (broad SMARTS) is 1. The zero-order valence-corrected chi connectivity index (χ0v) is 78.4. The van der Waals surface area contributed by atoms with Crippen molar-refractivity contribution in [3.8, 4) is 11.5 Å². The number of aliphatic carboxylic acids is 1. The van der Waals surface area contributed by atoms with Crippen LogP contribution in [0.4, 0.5) is 4.79 Å². The van der Waals surface area contributed by atoms with Crippen molar-refractivity contribution in [3.05, 3.63) is 59.7 Å². The molecule has 1 saturated heterocycles. The molecule has 1 heterocycles. The topological polar surface area (TPSA) is 856 Å². The first kappa shape index (κ1) is 117. The van der Waals surface area contributed by atoms with Gasteiger partial charge in [-0.3, -0.25) is 82.1 Å². The number of carbonyl (C=O) groups excluding carboxylic acids is 17. The summed E-state index contributed by atoms with van der Waals surface area (Å²) in [5.74, 6) is -20.9. The largest absolute Gasteiger partial charge is 0.508 e. The van der Waals surface area contributed by atoms with Gasteiger partial charge in [-0.25, -0.2) is 9.59 Å². The van der Waals surface area contributed by atoms with Gasteiger partial charge in [0.15, 0.2) is 5.96 Å². The molecule has 19 atom stereocenters. The van der Waals surface area contributed by atoms with Crippen LogP contribution in [0.2, 0.25) is 0 Å². The number of primary amides is 2. The fraction of sp³-hybridized carbons (Fsp3) is 0.627. The second-order valence-electron chi connectivity index (χ2n) is 33.6. The number of aliphatic hydroxyl groups excluding tert-OH is 3. The second kappa shape index (κ2) is 59.0. The quantitative estimate of drug-likeness (QED) is 0.0127. The maximum absolute atomic E-state index is 14.7. The minimum atomic E-state index is -2.06. The molecule has 50 nitrogen and oxygen atoms in total. The van der Waals surface area contributed by atoms with Gasteiger partial charge in [-0.15, -0.1) is 0 Å². The summed E-state index contributed by atoms with van der Waals surface area (Å²) in [4.78, 5) is 252. The molecular formula is C83H138N26O24S2. The molecule has 1 aliphatic rings. The number of β-amino-alcohol motifs (C(OH)–C–C–N with tert-alkyl or cyclic N) is 1. The number of benzene rings is 2. The molecule has 18 amide bonds. The number of rotatable bonds is 61. The van der Waals surface area contributed by atoms with E-state index in [-0.39, 0.29) is 145 Å². The number of unbranched alkanes of at least 4 members (excludes halogenated alkanes) is 1. The zero-order chi connectivity index (χ0) is 102. The molecule has 1 fully saturated rings. The van der Waals surface area contributed by atoms with Crippen molar-refractivity contribution in [3.63, 3.8) is 0 Å². The van der Waals surface area contributed by atoms with Gasteiger partial charge in [-0.2, -0.15) is 25.3 Å². The third-order valence-corrected chi connectivity index (χ3v) is 22.3. The summed E-state index contributed by atoms with van der Waals surface area (Å²) in [6, 6.07) is -16.3. The summed E-state index contributed by atoms with van der Waals surface area (Å²) >= 11 is 8.79.